The van der Waals surface area contributed by atoms with Crippen molar-refractivity contribution in [2.24, 2.45) is 0 Å². The molecular weight excluding hydrogens is 204 g/mol. The Morgan fingerprint density at radius 3 is 2.50 bits per heavy atom. The zero-order valence-electron chi connectivity index (χ0n) is 9.81. The molecule has 1 aromatic carbocycles. The molecule has 1 rings (SSSR count). The van der Waals surface area contributed by atoms with Gasteiger partial charge in [0.2, 0.25) is 0 Å². The van der Waals surface area contributed by atoms with Gasteiger partial charge in [-0.3, -0.25) is 0 Å². The molecule has 0 fully saturated rings. The summed E-state index contributed by atoms with van der Waals surface area (Å²) >= 11 is 0. The van der Waals surface area contributed by atoms with Gasteiger partial charge in [0.15, 0.2) is 6.10 Å². The van der Waals surface area contributed by atoms with Crippen LogP contribution in [0.15, 0.2) is 30.3 Å². The Labute approximate surface area is 96.4 Å². The van der Waals surface area contributed by atoms with Gasteiger partial charge in [0.1, 0.15) is 5.75 Å². The lowest BCUT2D eigenvalue weighted by atomic mass is 10.2. The van der Waals surface area contributed by atoms with Crippen LogP contribution in [0.4, 0.5) is 0 Å². The van der Waals surface area contributed by atoms with Gasteiger partial charge < -0.3 is 9.47 Å². The lowest BCUT2D eigenvalue weighted by Crippen LogP contribution is -2.29. The molecule has 0 N–H and O–H groups in total. The first-order valence-electron chi connectivity index (χ1n) is 5.66. The van der Waals surface area contributed by atoms with E-state index in [1.165, 1.54) is 0 Å². The lowest BCUT2D eigenvalue weighted by Gasteiger charge is -2.16. The number of carbonyl (C=O) groups excluding carboxylic acids is 1. The highest BCUT2D eigenvalue weighted by Crippen LogP contribution is 2.14. The summed E-state index contributed by atoms with van der Waals surface area (Å²) in [6, 6.07) is 9.34. The van der Waals surface area contributed by atoms with Crippen LogP contribution in [0.1, 0.15) is 26.7 Å². The average Bonchev–Trinajstić information content (AvgIpc) is 2.30. The zero-order chi connectivity index (χ0) is 11.8. The highest BCUT2D eigenvalue weighted by atomic mass is 16.6. The molecule has 3 nitrogen and oxygen atoms in total. The van der Waals surface area contributed by atoms with E-state index in [-0.39, 0.29) is 5.97 Å². The molecule has 3 heteroatoms. The molecule has 0 bridgehead atoms. The first kappa shape index (κ1) is 12.6. The van der Waals surface area contributed by atoms with Gasteiger partial charge in [0.05, 0.1) is 6.61 Å². The van der Waals surface area contributed by atoms with Crippen LogP contribution in [-0.4, -0.2) is 18.7 Å². The predicted octanol–water partition coefficient (Wildman–Crippen LogP) is 2.80. The van der Waals surface area contributed by atoms with E-state index >= 15 is 0 Å². The maximum atomic E-state index is 11.6. The Kier molecular flexibility index (Phi) is 5.40. The second kappa shape index (κ2) is 6.88. The zero-order valence-corrected chi connectivity index (χ0v) is 9.81. The van der Waals surface area contributed by atoms with Gasteiger partial charge in [-0.25, -0.2) is 4.79 Å². The largest absolute Gasteiger partial charge is 0.479 e. The fourth-order valence-corrected chi connectivity index (χ4v) is 1.39. The smallest absolute Gasteiger partial charge is 0.347 e. The van der Waals surface area contributed by atoms with Crippen LogP contribution < -0.4 is 4.74 Å². The Morgan fingerprint density at radius 2 is 1.94 bits per heavy atom. The van der Waals surface area contributed by atoms with Gasteiger partial charge in [-0.05, 0) is 25.5 Å². The van der Waals surface area contributed by atoms with E-state index in [1.807, 2.05) is 37.3 Å². The first-order chi connectivity index (χ1) is 7.77. The topological polar surface area (TPSA) is 35.5 Å². The van der Waals surface area contributed by atoms with Crippen LogP contribution >= 0.6 is 0 Å². The van der Waals surface area contributed by atoms with E-state index in [4.69, 9.17) is 9.47 Å². The van der Waals surface area contributed by atoms with E-state index in [0.717, 1.165) is 6.42 Å². The van der Waals surface area contributed by atoms with Gasteiger partial charge in [-0.15, -0.1) is 0 Å². The Hall–Kier alpha value is -1.51. The SMILES string of the molecule is CCCC(Oc1ccccc1)C(=O)OCC. The van der Waals surface area contributed by atoms with Crippen molar-refractivity contribution in [3.8, 4) is 5.75 Å². The highest BCUT2D eigenvalue weighted by molar-refractivity contribution is 5.75. The number of carbonyl (C=O) groups is 1. The minimum Gasteiger partial charge on any atom is -0.479 e. The van der Waals surface area contributed by atoms with Gasteiger partial charge in [0.25, 0.3) is 0 Å². The van der Waals surface area contributed by atoms with E-state index in [9.17, 15) is 4.79 Å². The Balaban J connectivity index is 2.60. The molecule has 1 atom stereocenters. The third-order valence-electron chi connectivity index (χ3n) is 2.12. The van der Waals surface area contributed by atoms with Crippen LogP contribution in [0, 0.1) is 0 Å². The number of ether oxygens (including phenoxy) is 2. The molecule has 16 heavy (non-hydrogen) atoms. The Bertz CT molecular complexity index is 308. The van der Waals surface area contributed by atoms with E-state index in [1.54, 1.807) is 6.92 Å². The number of hydrogen-bond donors (Lipinski definition) is 0. The molecule has 0 radical (unpaired) electrons. The van der Waals surface area contributed by atoms with Crippen LogP contribution in [0.3, 0.4) is 0 Å². The second-order valence-corrected chi connectivity index (χ2v) is 3.46. The molecule has 0 aliphatic carbocycles. The fourth-order valence-electron chi connectivity index (χ4n) is 1.39. The quantitative estimate of drug-likeness (QED) is 0.694. The molecule has 0 saturated heterocycles. The van der Waals surface area contributed by atoms with Crippen molar-refractivity contribution in [3.05, 3.63) is 30.3 Å². The molecule has 1 unspecified atom stereocenters. The highest BCUT2D eigenvalue weighted by Gasteiger charge is 2.20. The molecule has 0 spiro atoms. The van der Waals surface area contributed by atoms with E-state index in [0.29, 0.717) is 18.8 Å². The molecule has 0 aliphatic rings. The second-order valence-electron chi connectivity index (χ2n) is 3.46. The van der Waals surface area contributed by atoms with Crippen molar-refractivity contribution < 1.29 is 14.3 Å². The third kappa shape index (κ3) is 3.93. The van der Waals surface area contributed by atoms with Crippen LogP contribution in [0.2, 0.25) is 0 Å². The molecule has 1 aromatic rings. The summed E-state index contributed by atoms with van der Waals surface area (Å²) in [6.07, 6.45) is 1.07. The molecule has 0 aliphatic heterocycles. The number of rotatable bonds is 6. The number of esters is 1. The minimum atomic E-state index is -0.493. The maximum Gasteiger partial charge on any atom is 0.347 e. The summed E-state index contributed by atoms with van der Waals surface area (Å²) in [5.41, 5.74) is 0. The van der Waals surface area contributed by atoms with Crippen LogP contribution in [0.5, 0.6) is 5.75 Å². The van der Waals surface area contributed by atoms with Crippen molar-refractivity contribution >= 4 is 5.97 Å². The van der Waals surface area contributed by atoms with Crippen molar-refractivity contribution in [3.63, 3.8) is 0 Å². The fraction of sp³-hybridized carbons (Fsp3) is 0.462. The molecule has 0 amide bonds. The number of para-hydroxylation sites is 1. The van der Waals surface area contributed by atoms with Gasteiger partial charge in [-0.1, -0.05) is 31.5 Å². The average molecular weight is 222 g/mol. The summed E-state index contributed by atoms with van der Waals surface area (Å²) < 4.78 is 10.6. The van der Waals surface area contributed by atoms with Crippen molar-refractivity contribution in [2.75, 3.05) is 6.61 Å². The first-order valence-corrected chi connectivity index (χ1v) is 5.66. The van der Waals surface area contributed by atoms with Gasteiger partial charge in [-0.2, -0.15) is 0 Å². The predicted molar refractivity (Wildman–Crippen MR) is 62.4 cm³/mol. The molecule has 88 valence electrons. The minimum absolute atomic E-state index is 0.284. The summed E-state index contributed by atoms with van der Waals surface area (Å²) in [6.45, 7) is 4.20. The summed E-state index contributed by atoms with van der Waals surface area (Å²) in [7, 11) is 0. The summed E-state index contributed by atoms with van der Waals surface area (Å²) in [4.78, 5) is 11.6. The van der Waals surface area contributed by atoms with Crippen molar-refractivity contribution in [1.29, 1.82) is 0 Å². The number of benzene rings is 1. The van der Waals surface area contributed by atoms with Crippen LogP contribution in [-0.2, 0) is 9.53 Å². The summed E-state index contributed by atoms with van der Waals surface area (Å²) in [5, 5.41) is 0. The lowest BCUT2D eigenvalue weighted by molar-refractivity contribution is -0.151. The number of hydrogen-bond acceptors (Lipinski definition) is 3. The third-order valence-corrected chi connectivity index (χ3v) is 2.12. The molecule has 0 heterocycles. The standard InChI is InChI=1S/C13H18O3/c1-3-8-12(13(14)15-4-2)16-11-9-6-5-7-10-11/h5-7,9-10,12H,3-4,8H2,1-2H3. The van der Waals surface area contributed by atoms with Crippen molar-refractivity contribution in [1.82, 2.24) is 0 Å². The van der Waals surface area contributed by atoms with E-state index < -0.39 is 6.10 Å². The molecule has 0 aromatic heterocycles. The van der Waals surface area contributed by atoms with E-state index in [2.05, 4.69) is 0 Å². The molecular formula is C13H18O3. The monoisotopic (exact) mass is 222 g/mol. The van der Waals surface area contributed by atoms with Gasteiger partial charge in [0, 0.05) is 0 Å². The van der Waals surface area contributed by atoms with Crippen LogP contribution in [0.25, 0.3) is 0 Å². The Morgan fingerprint density at radius 1 is 1.25 bits per heavy atom. The van der Waals surface area contributed by atoms with Crippen molar-refractivity contribution in [2.45, 2.75) is 32.8 Å². The van der Waals surface area contributed by atoms with Gasteiger partial charge >= 0.3 is 5.97 Å². The summed E-state index contributed by atoms with van der Waals surface area (Å²) in [5.74, 6) is 0.419. The maximum absolute atomic E-state index is 11.6. The normalized spacial score (nSPS) is 11.9. The molecule has 0 saturated carbocycles.